The van der Waals surface area contributed by atoms with E-state index in [2.05, 4.69) is 21.2 Å². The van der Waals surface area contributed by atoms with Crippen LogP contribution in [0.5, 0.6) is 0 Å². The average molecular weight is 372 g/mol. The molecule has 0 spiro atoms. The maximum atomic E-state index is 13.4. The van der Waals surface area contributed by atoms with E-state index in [-0.39, 0.29) is 5.82 Å². The SMILES string of the molecule is Cc1cc(F)cc(NC(C(N)=O)c2ccc(Br)c(Cl)c2)c1. The molecule has 0 saturated heterocycles. The minimum atomic E-state index is -0.795. The van der Waals surface area contributed by atoms with Crippen LogP contribution in [0.3, 0.4) is 0 Å². The van der Waals surface area contributed by atoms with Crippen molar-refractivity contribution in [2.24, 2.45) is 5.73 Å². The van der Waals surface area contributed by atoms with Gasteiger partial charge < -0.3 is 11.1 Å². The average Bonchev–Trinajstić information content (AvgIpc) is 2.38. The van der Waals surface area contributed by atoms with Gasteiger partial charge in [-0.2, -0.15) is 0 Å². The Morgan fingerprint density at radius 3 is 2.62 bits per heavy atom. The second kappa shape index (κ2) is 6.45. The number of nitrogens with two attached hydrogens (primary N) is 1. The first-order valence-corrected chi connectivity index (χ1v) is 7.32. The van der Waals surface area contributed by atoms with Crippen LogP contribution in [-0.2, 0) is 4.79 Å². The summed E-state index contributed by atoms with van der Waals surface area (Å²) in [5.74, 6) is -0.954. The van der Waals surface area contributed by atoms with E-state index in [0.717, 1.165) is 10.0 Å². The number of carbonyl (C=O) groups is 1. The molecule has 2 aromatic carbocycles. The lowest BCUT2D eigenvalue weighted by atomic mass is 10.1. The van der Waals surface area contributed by atoms with Gasteiger partial charge in [-0.25, -0.2) is 4.39 Å². The van der Waals surface area contributed by atoms with Crippen LogP contribution in [0.2, 0.25) is 5.02 Å². The van der Waals surface area contributed by atoms with Crippen LogP contribution in [0.4, 0.5) is 10.1 Å². The van der Waals surface area contributed by atoms with Crippen molar-refractivity contribution in [2.45, 2.75) is 13.0 Å². The number of rotatable bonds is 4. The molecular formula is C15H13BrClFN2O. The molecule has 1 atom stereocenters. The molecule has 1 amide bonds. The second-order valence-corrected chi connectivity index (χ2v) is 5.93. The van der Waals surface area contributed by atoms with E-state index in [1.807, 2.05) is 0 Å². The van der Waals surface area contributed by atoms with Crippen LogP contribution < -0.4 is 11.1 Å². The van der Waals surface area contributed by atoms with Gasteiger partial charge in [-0.3, -0.25) is 4.79 Å². The molecule has 0 fully saturated rings. The number of primary amides is 1. The van der Waals surface area contributed by atoms with E-state index in [1.165, 1.54) is 12.1 Å². The van der Waals surface area contributed by atoms with Gasteiger partial charge in [0.1, 0.15) is 11.9 Å². The van der Waals surface area contributed by atoms with Crippen LogP contribution in [0.15, 0.2) is 40.9 Å². The summed E-state index contributed by atoms with van der Waals surface area (Å²) in [6.07, 6.45) is 0. The summed E-state index contributed by atoms with van der Waals surface area (Å²) in [4.78, 5) is 11.7. The minimum Gasteiger partial charge on any atom is -0.370 e. The molecule has 2 aromatic rings. The Balaban J connectivity index is 2.35. The zero-order valence-electron chi connectivity index (χ0n) is 11.2. The monoisotopic (exact) mass is 370 g/mol. The molecule has 0 heterocycles. The molecular weight excluding hydrogens is 359 g/mol. The minimum absolute atomic E-state index is 0.380. The number of anilines is 1. The number of hydrogen-bond acceptors (Lipinski definition) is 2. The van der Waals surface area contributed by atoms with E-state index < -0.39 is 11.9 Å². The molecule has 0 aliphatic carbocycles. The third-order valence-electron chi connectivity index (χ3n) is 2.91. The molecule has 0 aromatic heterocycles. The van der Waals surface area contributed by atoms with Crippen molar-refractivity contribution >= 4 is 39.1 Å². The quantitative estimate of drug-likeness (QED) is 0.847. The lowest BCUT2D eigenvalue weighted by Gasteiger charge is -2.18. The number of carbonyl (C=O) groups excluding carboxylic acids is 1. The molecule has 3 nitrogen and oxygen atoms in total. The molecule has 0 bridgehead atoms. The Hall–Kier alpha value is -1.59. The molecule has 0 radical (unpaired) electrons. The predicted molar refractivity (Wildman–Crippen MR) is 85.8 cm³/mol. The van der Waals surface area contributed by atoms with E-state index in [0.29, 0.717) is 16.3 Å². The number of amides is 1. The summed E-state index contributed by atoms with van der Waals surface area (Å²) in [6, 6.07) is 8.75. The zero-order valence-corrected chi connectivity index (χ0v) is 13.5. The van der Waals surface area contributed by atoms with E-state index in [4.69, 9.17) is 17.3 Å². The van der Waals surface area contributed by atoms with E-state index in [1.54, 1.807) is 31.2 Å². The summed E-state index contributed by atoms with van der Waals surface area (Å²) in [7, 11) is 0. The Morgan fingerprint density at radius 2 is 2.05 bits per heavy atom. The summed E-state index contributed by atoms with van der Waals surface area (Å²) < 4.78 is 14.1. The fourth-order valence-corrected chi connectivity index (χ4v) is 2.43. The van der Waals surface area contributed by atoms with E-state index >= 15 is 0 Å². The number of benzene rings is 2. The number of hydrogen-bond donors (Lipinski definition) is 2. The fraction of sp³-hybridized carbons (Fsp3) is 0.133. The van der Waals surface area contributed by atoms with Crippen LogP contribution in [0.1, 0.15) is 17.2 Å². The number of aryl methyl sites for hydroxylation is 1. The summed E-state index contributed by atoms with van der Waals surface area (Å²) in [5, 5.41) is 3.40. The van der Waals surface area contributed by atoms with Gasteiger partial charge in [-0.15, -0.1) is 0 Å². The molecule has 3 N–H and O–H groups in total. The standard InChI is InChI=1S/C15H13BrClFN2O/c1-8-4-10(18)7-11(5-8)20-14(15(19)21)9-2-3-12(16)13(17)6-9/h2-7,14,20H,1H3,(H2,19,21). The molecule has 0 saturated carbocycles. The molecule has 1 unspecified atom stereocenters. The highest BCUT2D eigenvalue weighted by molar-refractivity contribution is 9.10. The van der Waals surface area contributed by atoms with Crippen LogP contribution in [0, 0.1) is 12.7 Å². The van der Waals surface area contributed by atoms with Gasteiger partial charge in [0, 0.05) is 10.2 Å². The van der Waals surface area contributed by atoms with Crippen LogP contribution >= 0.6 is 27.5 Å². The van der Waals surface area contributed by atoms with Gasteiger partial charge >= 0.3 is 0 Å². The number of halogens is 3. The van der Waals surface area contributed by atoms with Crippen LogP contribution in [0.25, 0.3) is 0 Å². The number of nitrogens with one attached hydrogen (secondary N) is 1. The largest absolute Gasteiger partial charge is 0.370 e. The Morgan fingerprint density at radius 1 is 1.33 bits per heavy atom. The molecule has 0 aliphatic rings. The summed E-state index contributed by atoms with van der Waals surface area (Å²) in [5.41, 5.74) is 7.27. The van der Waals surface area contributed by atoms with Crippen molar-refractivity contribution in [2.75, 3.05) is 5.32 Å². The summed E-state index contributed by atoms with van der Waals surface area (Å²) in [6.45, 7) is 1.77. The van der Waals surface area contributed by atoms with E-state index in [9.17, 15) is 9.18 Å². The normalized spacial score (nSPS) is 12.0. The first-order chi connectivity index (χ1) is 9.86. The molecule has 2 rings (SSSR count). The van der Waals surface area contributed by atoms with Crippen molar-refractivity contribution in [3.8, 4) is 0 Å². The lowest BCUT2D eigenvalue weighted by Crippen LogP contribution is -2.27. The van der Waals surface area contributed by atoms with Gasteiger partial charge in [-0.05, 0) is 64.3 Å². The topological polar surface area (TPSA) is 55.1 Å². The Bertz CT molecular complexity index is 673. The lowest BCUT2D eigenvalue weighted by molar-refractivity contribution is -0.118. The van der Waals surface area contributed by atoms with Crippen molar-refractivity contribution < 1.29 is 9.18 Å². The highest BCUT2D eigenvalue weighted by atomic mass is 79.9. The highest BCUT2D eigenvalue weighted by Gasteiger charge is 2.19. The Kier molecular flexibility index (Phi) is 4.85. The highest BCUT2D eigenvalue weighted by Crippen LogP contribution is 2.28. The third-order valence-corrected chi connectivity index (χ3v) is 4.15. The maximum Gasteiger partial charge on any atom is 0.244 e. The molecule has 0 aliphatic heterocycles. The van der Waals surface area contributed by atoms with Crippen molar-refractivity contribution in [1.82, 2.24) is 0 Å². The van der Waals surface area contributed by atoms with Gasteiger partial charge in [0.2, 0.25) is 5.91 Å². The fourth-order valence-electron chi connectivity index (χ4n) is 2.00. The van der Waals surface area contributed by atoms with Crippen molar-refractivity contribution in [1.29, 1.82) is 0 Å². The maximum absolute atomic E-state index is 13.4. The first kappa shape index (κ1) is 15.8. The van der Waals surface area contributed by atoms with Crippen LogP contribution in [-0.4, -0.2) is 5.91 Å². The summed E-state index contributed by atoms with van der Waals surface area (Å²) >= 11 is 9.31. The van der Waals surface area contributed by atoms with Gasteiger partial charge in [0.15, 0.2) is 0 Å². The van der Waals surface area contributed by atoms with Gasteiger partial charge in [-0.1, -0.05) is 17.7 Å². The molecule has 110 valence electrons. The zero-order chi connectivity index (χ0) is 15.6. The smallest absolute Gasteiger partial charge is 0.244 e. The first-order valence-electron chi connectivity index (χ1n) is 6.15. The third kappa shape index (κ3) is 3.95. The molecule has 21 heavy (non-hydrogen) atoms. The van der Waals surface area contributed by atoms with Gasteiger partial charge in [0.25, 0.3) is 0 Å². The van der Waals surface area contributed by atoms with Gasteiger partial charge in [0.05, 0.1) is 5.02 Å². The second-order valence-electron chi connectivity index (χ2n) is 4.67. The predicted octanol–water partition coefficient (Wildman–Crippen LogP) is 4.19. The Labute approximate surface area is 135 Å². The van der Waals surface area contributed by atoms with Crippen molar-refractivity contribution in [3.05, 3.63) is 62.8 Å². The molecule has 6 heteroatoms. The van der Waals surface area contributed by atoms with Crippen molar-refractivity contribution in [3.63, 3.8) is 0 Å².